The van der Waals surface area contributed by atoms with E-state index in [4.69, 9.17) is 5.11 Å². The minimum absolute atomic E-state index is 0.285. The van der Waals surface area contributed by atoms with Crippen molar-refractivity contribution in [1.82, 2.24) is 3.53 Å². The van der Waals surface area contributed by atoms with E-state index >= 15 is 0 Å². The molecule has 2 N–H and O–H groups in total. The first-order chi connectivity index (χ1) is 5.38. The Balaban J connectivity index is 2.30. The molecular formula is C8H16INO. The fourth-order valence-corrected chi connectivity index (χ4v) is 2.51. The predicted molar refractivity (Wildman–Crippen MR) is 54.6 cm³/mol. The van der Waals surface area contributed by atoms with Crippen LogP contribution in [0.4, 0.5) is 0 Å². The first-order valence-corrected chi connectivity index (χ1v) is 5.43. The molecule has 0 spiro atoms. The van der Waals surface area contributed by atoms with Crippen LogP contribution in [0.25, 0.3) is 0 Å². The van der Waals surface area contributed by atoms with Crippen molar-refractivity contribution < 1.29 is 5.11 Å². The van der Waals surface area contributed by atoms with Crippen LogP contribution in [-0.4, -0.2) is 17.8 Å². The van der Waals surface area contributed by atoms with E-state index in [0.717, 1.165) is 0 Å². The minimum atomic E-state index is 0.285. The molecule has 66 valence electrons. The Hall–Kier alpha value is 0.650. The Kier molecular flexibility index (Phi) is 4.71. The van der Waals surface area contributed by atoms with E-state index in [0.29, 0.717) is 12.0 Å². The van der Waals surface area contributed by atoms with Crippen LogP contribution in [0.5, 0.6) is 0 Å². The zero-order valence-electron chi connectivity index (χ0n) is 6.72. The van der Waals surface area contributed by atoms with Crippen molar-refractivity contribution in [2.24, 2.45) is 5.92 Å². The van der Waals surface area contributed by atoms with Crippen LogP contribution in [-0.2, 0) is 0 Å². The van der Waals surface area contributed by atoms with Crippen LogP contribution in [0.15, 0.2) is 0 Å². The SMILES string of the molecule is OCC(NI)C1CCCCC1. The van der Waals surface area contributed by atoms with Gasteiger partial charge in [-0.2, -0.15) is 0 Å². The standard InChI is InChI=1S/C8H16INO/c9-10-8(6-11)7-4-2-1-3-5-7/h7-8,10-11H,1-6H2. The third kappa shape index (κ3) is 2.87. The molecule has 0 aliphatic heterocycles. The van der Waals surface area contributed by atoms with Gasteiger partial charge in [0.05, 0.1) is 6.61 Å². The number of aliphatic hydroxyl groups excluding tert-OH is 1. The highest BCUT2D eigenvalue weighted by molar-refractivity contribution is 14.1. The minimum Gasteiger partial charge on any atom is -0.395 e. The van der Waals surface area contributed by atoms with Crippen LogP contribution >= 0.6 is 22.9 Å². The van der Waals surface area contributed by atoms with Crippen molar-refractivity contribution in [2.45, 2.75) is 38.1 Å². The van der Waals surface area contributed by atoms with Gasteiger partial charge in [-0.25, -0.2) is 0 Å². The monoisotopic (exact) mass is 269 g/mol. The van der Waals surface area contributed by atoms with E-state index in [1.807, 2.05) is 0 Å². The fourth-order valence-electron chi connectivity index (χ4n) is 1.81. The molecule has 1 saturated carbocycles. The maximum atomic E-state index is 9.01. The van der Waals surface area contributed by atoms with Crippen molar-refractivity contribution in [2.75, 3.05) is 6.61 Å². The van der Waals surface area contributed by atoms with Gasteiger partial charge in [-0.05, 0) is 18.8 Å². The molecule has 0 amide bonds. The van der Waals surface area contributed by atoms with Crippen LogP contribution in [0, 0.1) is 5.92 Å². The molecule has 0 bridgehead atoms. The van der Waals surface area contributed by atoms with Crippen molar-refractivity contribution in [3.8, 4) is 0 Å². The molecule has 1 aliphatic carbocycles. The van der Waals surface area contributed by atoms with Crippen molar-refractivity contribution >= 4 is 22.9 Å². The summed E-state index contributed by atoms with van der Waals surface area (Å²) in [6.45, 7) is 0.285. The quantitative estimate of drug-likeness (QED) is 0.605. The molecule has 0 radical (unpaired) electrons. The highest BCUT2D eigenvalue weighted by Crippen LogP contribution is 2.26. The van der Waals surface area contributed by atoms with Gasteiger partial charge in [-0.1, -0.05) is 19.3 Å². The zero-order chi connectivity index (χ0) is 8.10. The van der Waals surface area contributed by atoms with Gasteiger partial charge in [0.25, 0.3) is 0 Å². The zero-order valence-corrected chi connectivity index (χ0v) is 8.88. The number of aliphatic hydroxyl groups is 1. The smallest absolute Gasteiger partial charge is 0.0595 e. The summed E-state index contributed by atoms with van der Waals surface area (Å²) >= 11 is 2.14. The van der Waals surface area contributed by atoms with E-state index in [1.54, 1.807) is 0 Å². The normalized spacial score (nSPS) is 23.5. The van der Waals surface area contributed by atoms with E-state index < -0.39 is 0 Å². The fraction of sp³-hybridized carbons (Fsp3) is 1.00. The Morgan fingerprint density at radius 3 is 2.45 bits per heavy atom. The molecule has 3 heteroatoms. The first-order valence-electron chi connectivity index (χ1n) is 4.35. The number of hydrogen-bond acceptors (Lipinski definition) is 2. The van der Waals surface area contributed by atoms with E-state index in [9.17, 15) is 0 Å². The molecule has 1 fully saturated rings. The summed E-state index contributed by atoms with van der Waals surface area (Å²) < 4.78 is 3.14. The van der Waals surface area contributed by atoms with Gasteiger partial charge < -0.3 is 5.11 Å². The summed E-state index contributed by atoms with van der Waals surface area (Å²) in [4.78, 5) is 0. The molecule has 0 aromatic heterocycles. The summed E-state index contributed by atoms with van der Waals surface area (Å²) in [6, 6.07) is 0.330. The second kappa shape index (κ2) is 5.32. The largest absolute Gasteiger partial charge is 0.395 e. The van der Waals surface area contributed by atoms with Gasteiger partial charge >= 0.3 is 0 Å². The van der Waals surface area contributed by atoms with Gasteiger partial charge in [-0.3, -0.25) is 3.53 Å². The lowest BCUT2D eigenvalue weighted by Crippen LogP contribution is -2.34. The number of halogens is 1. The number of rotatable bonds is 3. The second-order valence-electron chi connectivity index (χ2n) is 3.30. The second-order valence-corrected chi connectivity index (χ2v) is 3.92. The summed E-state index contributed by atoms with van der Waals surface area (Å²) in [5.74, 6) is 0.714. The highest BCUT2D eigenvalue weighted by Gasteiger charge is 2.21. The third-order valence-corrected chi connectivity index (χ3v) is 3.36. The summed E-state index contributed by atoms with van der Waals surface area (Å²) in [6.07, 6.45) is 6.66. The summed E-state index contributed by atoms with van der Waals surface area (Å²) in [5, 5.41) is 9.01. The molecule has 1 atom stereocenters. The van der Waals surface area contributed by atoms with Crippen LogP contribution < -0.4 is 3.53 Å². The van der Waals surface area contributed by atoms with E-state index in [1.165, 1.54) is 32.1 Å². The van der Waals surface area contributed by atoms with Gasteiger partial charge in [0.15, 0.2) is 0 Å². The molecule has 1 unspecified atom stereocenters. The average molecular weight is 269 g/mol. The molecule has 0 saturated heterocycles. The topological polar surface area (TPSA) is 32.3 Å². The summed E-state index contributed by atoms with van der Waals surface area (Å²) in [7, 11) is 0. The Morgan fingerprint density at radius 2 is 2.00 bits per heavy atom. The maximum Gasteiger partial charge on any atom is 0.0595 e. The van der Waals surface area contributed by atoms with Crippen LogP contribution in [0.3, 0.4) is 0 Å². The molecule has 0 aromatic carbocycles. The lowest BCUT2D eigenvalue weighted by atomic mass is 9.84. The van der Waals surface area contributed by atoms with Gasteiger partial charge in [-0.15, -0.1) is 0 Å². The summed E-state index contributed by atoms with van der Waals surface area (Å²) in [5.41, 5.74) is 0. The third-order valence-electron chi connectivity index (χ3n) is 2.56. The number of hydrogen-bond donors (Lipinski definition) is 2. The maximum absolute atomic E-state index is 9.01. The van der Waals surface area contributed by atoms with Crippen molar-refractivity contribution in [1.29, 1.82) is 0 Å². The first kappa shape index (κ1) is 9.74. The molecule has 11 heavy (non-hydrogen) atoms. The molecular weight excluding hydrogens is 253 g/mol. The number of nitrogens with one attached hydrogen (secondary N) is 1. The van der Waals surface area contributed by atoms with Gasteiger partial charge in [0.1, 0.15) is 0 Å². The van der Waals surface area contributed by atoms with E-state index in [-0.39, 0.29) is 6.61 Å². The van der Waals surface area contributed by atoms with Crippen LogP contribution in [0.1, 0.15) is 32.1 Å². The Labute approximate surface area is 82.3 Å². The predicted octanol–water partition coefficient (Wildman–Crippen LogP) is 1.87. The lowest BCUT2D eigenvalue weighted by molar-refractivity contribution is 0.193. The lowest BCUT2D eigenvalue weighted by Gasteiger charge is -2.27. The Bertz CT molecular complexity index is 100. The molecule has 0 aromatic rings. The van der Waals surface area contributed by atoms with E-state index in [2.05, 4.69) is 26.4 Å². The van der Waals surface area contributed by atoms with Gasteiger partial charge in [0.2, 0.25) is 0 Å². The molecule has 2 nitrogen and oxygen atoms in total. The highest BCUT2D eigenvalue weighted by atomic mass is 127. The van der Waals surface area contributed by atoms with Crippen molar-refractivity contribution in [3.05, 3.63) is 0 Å². The van der Waals surface area contributed by atoms with Crippen molar-refractivity contribution in [3.63, 3.8) is 0 Å². The molecule has 1 rings (SSSR count). The average Bonchev–Trinajstić information content (AvgIpc) is 2.09. The van der Waals surface area contributed by atoms with Gasteiger partial charge in [0, 0.05) is 28.9 Å². The molecule has 1 aliphatic rings. The van der Waals surface area contributed by atoms with Crippen LogP contribution in [0.2, 0.25) is 0 Å². The molecule has 0 heterocycles. The Morgan fingerprint density at radius 1 is 1.36 bits per heavy atom.